The van der Waals surface area contributed by atoms with E-state index >= 15 is 0 Å². The third-order valence-corrected chi connectivity index (χ3v) is 4.90. The summed E-state index contributed by atoms with van der Waals surface area (Å²) in [5.74, 6) is 0.128. The summed E-state index contributed by atoms with van der Waals surface area (Å²) in [6.07, 6.45) is 5.54. The number of amides is 2. The van der Waals surface area contributed by atoms with Gasteiger partial charge in [0.15, 0.2) is 0 Å². The molecule has 3 rings (SSSR count). The van der Waals surface area contributed by atoms with Crippen LogP contribution >= 0.6 is 0 Å². The Kier molecular flexibility index (Phi) is 5.17. The second-order valence-corrected chi connectivity index (χ2v) is 8.37. The molecule has 0 saturated heterocycles. The van der Waals surface area contributed by atoms with Gasteiger partial charge in [0.2, 0.25) is 5.95 Å². The number of hydrogen-bond donors (Lipinski definition) is 3. The number of anilines is 1. The first-order valence-corrected chi connectivity index (χ1v) is 9.16. The Morgan fingerprint density at radius 3 is 2.58 bits per heavy atom. The number of nitrogens with one attached hydrogen (secondary N) is 2. The molecule has 1 aromatic heterocycles. The van der Waals surface area contributed by atoms with E-state index in [9.17, 15) is 9.59 Å². The van der Waals surface area contributed by atoms with Crippen LogP contribution in [-0.4, -0.2) is 61.9 Å². The molecule has 9 heteroatoms. The van der Waals surface area contributed by atoms with E-state index in [4.69, 9.17) is 5.11 Å². The maximum atomic E-state index is 12.1. The second kappa shape index (κ2) is 7.22. The number of urea groups is 1. The van der Waals surface area contributed by atoms with Crippen molar-refractivity contribution in [2.75, 3.05) is 18.4 Å². The minimum Gasteiger partial charge on any atom is -0.480 e. The van der Waals surface area contributed by atoms with Gasteiger partial charge in [0, 0.05) is 18.6 Å². The van der Waals surface area contributed by atoms with Crippen molar-refractivity contribution >= 4 is 17.9 Å². The van der Waals surface area contributed by atoms with Crippen molar-refractivity contribution in [1.82, 2.24) is 25.0 Å². The van der Waals surface area contributed by atoms with Crippen LogP contribution in [0.5, 0.6) is 0 Å². The van der Waals surface area contributed by atoms with E-state index in [1.54, 1.807) is 11.0 Å². The third kappa shape index (κ3) is 4.94. The summed E-state index contributed by atoms with van der Waals surface area (Å²) in [6.45, 7) is 6.94. The van der Waals surface area contributed by atoms with Crippen LogP contribution in [0.25, 0.3) is 0 Å². The van der Waals surface area contributed by atoms with Crippen molar-refractivity contribution in [3.05, 3.63) is 6.33 Å². The van der Waals surface area contributed by atoms with E-state index in [-0.39, 0.29) is 36.1 Å². The topological polar surface area (TPSA) is 112 Å². The lowest BCUT2D eigenvalue weighted by Crippen LogP contribution is -2.55. The van der Waals surface area contributed by atoms with Crippen LogP contribution in [0.15, 0.2) is 6.33 Å². The van der Waals surface area contributed by atoms with Crippen molar-refractivity contribution in [1.29, 1.82) is 0 Å². The molecule has 0 aliphatic heterocycles. The first-order valence-electron chi connectivity index (χ1n) is 9.16. The Balaban J connectivity index is 1.43. The van der Waals surface area contributed by atoms with E-state index in [1.807, 2.05) is 25.7 Å². The highest BCUT2D eigenvalue weighted by molar-refractivity contribution is 5.87. The van der Waals surface area contributed by atoms with Crippen LogP contribution in [0, 0.1) is 5.92 Å². The number of carbonyl (C=O) groups is 2. The number of aromatic nitrogens is 3. The van der Waals surface area contributed by atoms with Crippen LogP contribution in [-0.2, 0) is 10.3 Å². The number of nitrogens with zero attached hydrogens (tertiary/aromatic N) is 4. The fourth-order valence-electron chi connectivity index (χ4n) is 3.12. The molecule has 26 heavy (non-hydrogen) atoms. The summed E-state index contributed by atoms with van der Waals surface area (Å²) >= 11 is 0. The molecule has 0 bridgehead atoms. The van der Waals surface area contributed by atoms with E-state index in [0.717, 1.165) is 19.4 Å². The first-order chi connectivity index (χ1) is 12.2. The number of hydrogen-bond acceptors (Lipinski definition) is 5. The van der Waals surface area contributed by atoms with Gasteiger partial charge in [0.05, 0.1) is 12.1 Å². The quantitative estimate of drug-likeness (QED) is 0.676. The average Bonchev–Trinajstić information content (AvgIpc) is 3.15. The van der Waals surface area contributed by atoms with Crippen molar-refractivity contribution in [2.24, 2.45) is 5.92 Å². The molecule has 9 nitrogen and oxygen atoms in total. The van der Waals surface area contributed by atoms with Crippen molar-refractivity contribution in [3.8, 4) is 0 Å². The molecule has 144 valence electrons. The van der Waals surface area contributed by atoms with Gasteiger partial charge in [-0.3, -0.25) is 15.0 Å². The largest absolute Gasteiger partial charge is 0.480 e. The standard InChI is InChI=1S/C17H28N6O3/c1-17(2,3)23-10-18-15(21-23)20-16(26)19-12-6-13(7-12)22(9-14(24)25)8-11-4-5-11/h10-13H,4-9H2,1-3H3,(H,24,25)(H2,19,20,21,26). The van der Waals surface area contributed by atoms with Gasteiger partial charge < -0.3 is 10.4 Å². The monoisotopic (exact) mass is 364 g/mol. The first kappa shape index (κ1) is 18.6. The molecule has 2 fully saturated rings. The predicted octanol–water partition coefficient (Wildman–Crippen LogP) is 1.48. The van der Waals surface area contributed by atoms with E-state index in [2.05, 4.69) is 20.7 Å². The molecule has 2 aliphatic carbocycles. The minimum atomic E-state index is -0.791. The molecule has 1 aromatic rings. The fourth-order valence-corrected chi connectivity index (χ4v) is 3.12. The lowest BCUT2D eigenvalue weighted by molar-refractivity contribution is -0.139. The Morgan fingerprint density at radius 1 is 1.35 bits per heavy atom. The summed E-state index contributed by atoms with van der Waals surface area (Å²) in [7, 11) is 0. The van der Waals surface area contributed by atoms with Gasteiger partial charge in [0.25, 0.3) is 0 Å². The van der Waals surface area contributed by atoms with Crippen LogP contribution < -0.4 is 10.6 Å². The number of carboxylic acids is 1. The zero-order valence-corrected chi connectivity index (χ0v) is 15.6. The van der Waals surface area contributed by atoms with Gasteiger partial charge in [-0.1, -0.05) is 0 Å². The Morgan fingerprint density at radius 2 is 2.04 bits per heavy atom. The van der Waals surface area contributed by atoms with E-state index < -0.39 is 5.97 Å². The molecule has 0 atom stereocenters. The summed E-state index contributed by atoms with van der Waals surface area (Å²) in [6, 6.07) is -0.0393. The minimum absolute atomic E-state index is 0.0557. The summed E-state index contributed by atoms with van der Waals surface area (Å²) in [5, 5.41) is 18.9. The smallest absolute Gasteiger partial charge is 0.321 e. The van der Waals surface area contributed by atoms with Crippen LogP contribution in [0.4, 0.5) is 10.7 Å². The number of carbonyl (C=O) groups excluding carboxylic acids is 1. The van der Waals surface area contributed by atoms with Crippen LogP contribution in [0.2, 0.25) is 0 Å². The van der Waals surface area contributed by atoms with Gasteiger partial charge in [0.1, 0.15) is 6.33 Å². The average molecular weight is 364 g/mol. The molecule has 2 saturated carbocycles. The molecule has 1 heterocycles. The van der Waals surface area contributed by atoms with E-state index in [1.165, 1.54) is 12.8 Å². The fraction of sp³-hybridized carbons (Fsp3) is 0.765. The summed E-state index contributed by atoms with van der Waals surface area (Å²) in [4.78, 5) is 29.3. The van der Waals surface area contributed by atoms with Crippen LogP contribution in [0.1, 0.15) is 46.5 Å². The third-order valence-electron chi connectivity index (χ3n) is 4.90. The molecule has 2 aliphatic rings. The van der Waals surface area contributed by atoms with Gasteiger partial charge in [-0.25, -0.2) is 14.5 Å². The SMILES string of the molecule is CC(C)(C)n1cnc(NC(=O)NC2CC(N(CC(=O)O)CC3CC3)C2)n1. The van der Waals surface area contributed by atoms with Crippen molar-refractivity contribution in [3.63, 3.8) is 0 Å². The number of carboxylic acid groups (broad SMARTS) is 1. The summed E-state index contributed by atoms with van der Waals surface area (Å²) in [5.41, 5.74) is -0.195. The molecule has 0 spiro atoms. The molecule has 3 N–H and O–H groups in total. The van der Waals surface area contributed by atoms with Crippen molar-refractivity contribution < 1.29 is 14.7 Å². The zero-order chi connectivity index (χ0) is 18.9. The predicted molar refractivity (Wildman–Crippen MR) is 95.9 cm³/mol. The van der Waals surface area contributed by atoms with E-state index in [0.29, 0.717) is 5.92 Å². The molecule has 0 radical (unpaired) electrons. The maximum Gasteiger partial charge on any atom is 0.321 e. The summed E-state index contributed by atoms with van der Waals surface area (Å²) < 4.78 is 1.70. The van der Waals surface area contributed by atoms with Crippen molar-refractivity contribution in [2.45, 2.75) is 64.1 Å². The van der Waals surface area contributed by atoms with Crippen LogP contribution in [0.3, 0.4) is 0 Å². The number of aliphatic carboxylic acids is 1. The Hall–Kier alpha value is -2.16. The highest BCUT2D eigenvalue weighted by Crippen LogP contribution is 2.33. The molecule has 2 amide bonds. The lowest BCUT2D eigenvalue weighted by Gasteiger charge is -2.42. The molecule has 0 unspecified atom stereocenters. The number of rotatable bonds is 7. The second-order valence-electron chi connectivity index (χ2n) is 8.37. The van der Waals surface area contributed by atoms with Gasteiger partial charge in [-0.15, -0.1) is 5.10 Å². The molecule has 0 aromatic carbocycles. The lowest BCUT2D eigenvalue weighted by atomic mass is 9.85. The Labute approximate surface area is 153 Å². The zero-order valence-electron chi connectivity index (χ0n) is 15.6. The maximum absolute atomic E-state index is 12.1. The Bertz CT molecular complexity index is 658. The van der Waals surface area contributed by atoms with Gasteiger partial charge >= 0.3 is 12.0 Å². The normalized spacial score (nSPS) is 22.8. The highest BCUT2D eigenvalue weighted by Gasteiger charge is 2.37. The van der Waals surface area contributed by atoms with Gasteiger partial charge in [-0.2, -0.15) is 0 Å². The molecular formula is C17H28N6O3. The van der Waals surface area contributed by atoms with Gasteiger partial charge in [-0.05, 0) is 52.4 Å². The molecular weight excluding hydrogens is 336 g/mol. The highest BCUT2D eigenvalue weighted by atomic mass is 16.4.